The van der Waals surface area contributed by atoms with Crippen molar-refractivity contribution in [3.8, 4) is 0 Å². The van der Waals surface area contributed by atoms with Crippen molar-refractivity contribution in [1.29, 1.82) is 0 Å². The van der Waals surface area contributed by atoms with Crippen molar-refractivity contribution in [2.75, 3.05) is 7.05 Å². The van der Waals surface area contributed by atoms with E-state index in [4.69, 9.17) is 0 Å². The molecule has 2 aromatic heterocycles. The number of hydrogen-bond donors (Lipinski definition) is 0. The summed E-state index contributed by atoms with van der Waals surface area (Å²) in [6, 6.07) is 2.02. The molecule has 0 unspecified atom stereocenters. The molecule has 1 saturated carbocycles. The number of carbonyl (C=O) groups is 1. The Labute approximate surface area is 157 Å². The van der Waals surface area contributed by atoms with Gasteiger partial charge in [0, 0.05) is 19.6 Å². The fourth-order valence-corrected chi connectivity index (χ4v) is 4.56. The van der Waals surface area contributed by atoms with Gasteiger partial charge in [-0.1, -0.05) is 32.6 Å². The van der Waals surface area contributed by atoms with Crippen LogP contribution in [0.2, 0.25) is 0 Å². The largest absolute Gasteiger partial charge is 0.341 e. The van der Waals surface area contributed by atoms with E-state index in [1.807, 2.05) is 19.4 Å². The molecular weight excluding hydrogens is 350 g/mol. The smallest absolute Gasteiger partial charge is 0.332 e. The van der Waals surface area contributed by atoms with Crippen LogP contribution in [0.25, 0.3) is 10.2 Å². The molecule has 1 fully saturated rings. The average molecular weight is 378 g/mol. The molecule has 0 spiro atoms. The quantitative estimate of drug-likeness (QED) is 0.778. The molecule has 2 heterocycles. The summed E-state index contributed by atoms with van der Waals surface area (Å²) in [6.07, 6.45) is 7.26. The molecule has 2 aromatic rings. The highest BCUT2D eigenvalue weighted by atomic mass is 32.1. The highest BCUT2D eigenvalue weighted by molar-refractivity contribution is 7.17. The minimum Gasteiger partial charge on any atom is -0.341 e. The van der Waals surface area contributed by atoms with Gasteiger partial charge in [-0.2, -0.15) is 0 Å². The number of likely N-dealkylation sites (N-methyl/N-ethyl adjacent to an activating group) is 1. The second kappa shape index (κ2) is 8.20. The van der Waals surface area contributed by atoms with Crippen LogP contribution in [0.5, 0.6) is 0 Å². The molecule has 1 amide bonds. The number of carbonyl (C=O) groups excluding carboxylic acids is 1. The number of unbranched alkanes of at least 4 members (excludes halogenated alkanes) is 1. The van der Waals surface area contributed by atoms with Crippen LogP contribution < -0.4 is 11.2 Å². The first kappa shape index (κ1) is 18.9. The fourth-order valence-electron chi connectivity index (χ4n) is 3.72. The molecule has 0 radical (unpaired) electrons. The van der Waals surface area contributed by atoms with Gasteiger partial charge in [0.25, 0.3) is 5.56 Å². The maximum absolute atomic E-state index is 12.9. The maximum Gasteiger partial charge on any atom is 0.332 e. The number of amides is 1. The molecular formula is C19H27N3O3S. The van der Waals surface area contributed by atoms with Gasteiger partial charge in [0.1, 0.15) is 11.2 Å². The lowest BCUT2D eigenvalue weighted by atomic mass is 9.94. The first-order valence-corrected chi connectivity index (χ1v) is 10.4. The van der Waals surface area contributed by atoms with Crippen LogP contribution in [-0.4, -0.2) is 33.0 Å². The van der Waals surface area contributed by atoms with E-state index in [0.717, 1.165) is 38.5 Å². The fraction of sp³-hybridized carbons (Fsp3) is 0.632. The van der Waals surface area contributed by atoms with Crippen LogP contribution in [0.15, 0.2) is 21.0 Å². The van der Waals surface area contributed by atoms with E-state index >= 15 is 0 Å². The highest BCUT2D eigenvalue weighted by Crippen LogP contribution is 2.22. The van der Waals surface area contributed by atoms with Crippen LogP contribution in [0.1, 0.15) is 51.9 Å². The summed E-state index contributed by atoms with van der Waals surface area (Å²) in [5.41, 5.74) is -0.0410. The van der Waals surface area contributed by atoms with E-state index in [-0.39, 0.29) is 29.7 Å². The second-order valence-corrected chi connectivity index (χ2v) is 8.03. The number of hydrogen-bond acceptors (Lipinski definition) is 4. The van der Waals surface area contributed by atoms with Crippen molar-refractivity contribution in [1.82, 2.24) is 14.0 Å². The number of rotatable bonds is 6. The van der Waals surface area contributed by atoms with Gasteiger partial charge in [0.05, 0.1) is 5.52 Å². The van der Waals surface area contributed by atoms with Crippen molar-refractivity contribution < 1.29 is 4.79 Å². The highest BCUT2D eigenvalue weighted by Gasteiger charge is 2.24. The van der Waals surface area contributed by atoms with Crippen LogP contribution in [0, 0.1) is 0 Å². The van der Waals surface area contributed by atoms with Gasteiger partial charge in [-0.25, -0.2) is 4.79 Å². The Bertz CT molecular complexity index is 890. The molecule has 0 aliphatic heterocycles. The van der Waals surface area contributed by atoms with E-state index in [1.165, 1.54) is 26.9 Å². The summed E-state index contributed by atoms with van der Waals surface area (Å²) in [7, 11) is 1.83. The zero-order valence-corrected chi connectivity index (χ0v) is 16.4. The summed E-state index contributed by atoms with van der Waals surface area (Å²) in [5.74, 6) is -0.0628. The summed E-state index contributed by atoms with van der Waals surface area (Å²) < 4.78 is 3.31. The molecule has 0 N–H and O–H groups in total. The first-order valence-electron chi connectivity index (χ1n) is 9.51. The predicted molar refractivity (Wildman–Crippen MR) is 105 cm³/mol. The molecule has 0 saturated heterocycles. The number of thiophene rings is 1. The molecule has 0 aromatic carbocycles. The predicted octanol–water partition coefficient (Wildman–Crippen LogP) is 2.82. The third-order valence-corrected chi connectivity index (χ3v) is 6.27. The van der Waals surface area contributed by atoms with E-state index < -0.39 is 0 Å². The van der Waals surface area contributed by atoms with Crippen molar-refractivity contribution >= 4 is 27.5 Å². The molecule has 0 bridgehead atoms. The van der Waals surface area contributed by atoms with Gasteiger partial charge in [-0.3, -0.25) is 18.7 Å². The second-order valence-electron chi connectivity index (χ2n) is 7.11. The minimum atomic E-state index is -0.375. The van der Waals surface area contributed by atoms with Crippen LogP contribution >= 0.6 is 11.3 Å². The summed E-state index contributed by atoms with van der Waals surface area (Å²) in [6.45, 7) is 2.41. The number of nitrogens with zero attached hydrogens (tertiary/aromatic N) is 3. The van der Waals surface area contributed by atoms with Crippen molar-refractivity contribution in [2.24, 2.45) is 0 Å². The van der Waals surface area contributed by atoms with Gasteiger partial charge < -0.3 is 4.90 Å². The molecule has 0 atom stereocenters. The molecule has 6 nitrogen and oxygen atoms in total. The van der Waals surface area contributed by atoms with Crippen LogP contribution in [0.3, 0.4) is 0 Å². The number of aromatic nitrogens is 2. The van der Waals surface area contributed by atoms with Crippen molar-refractivity contribution in [3.05, 3.63) is 32.3 Å². The van der Waals surface area contributed by atoms with E-state index in [0.29, 0.717) is 16.8 Å². The normalized spacial score (nSPS) is 15.5. The Balaban J connectivity index is 1.93. The third-order valence-electron chi connectivity index (χ3n) is 5.38. The lowest BCUT2D eigenvalue weighted by molar-refractivity contribution is -0.133. The van der Waals surface area contributed by atoms with Gasteiger partial charge >= 0.3 is 5.69 Å². The van der Waals surface area contributed by atoms with Crippen molar-refractivity contribution in [3.63, 3.8) is 0 Å². The van der Waals surface area contributed by atoms with E-state index in [1.54, 1.807) is 11.0 Å². The Morgan fingerprint density at radius 1 is 1.23 bits per heavy atom. The standard InChI is InChI=1S/C19H27N3O3S/c1-3-4-11-21-18(24)17-15(10-12-26-17)22(19(21)25)13-16(23)20(2)14-8-6-5-7-9-14/h10,12,14H,3-9,11,13H2,1-2H3. The summed E-state index contributed by atoms with van der Waals surface area (Å²) in [4.78, 5) is 40.1. The molecule has 142 valence electrons. The van der Waals surface area contributed by atoms with Gasteiger partial charge in [0.2, 0.25) is 5.91 Å². The Morgan fingerprint density at radius 3 is 2.65 bits per heavy atom. The van der Waals surface area contributed by atoms with Crippen LogP contribution in [0.4, 0.5) is 0 Å². The molecule has 26 heavy (non-hydrogen) atoms. The monoisotopic (exact) mass is 377 g/mol. The molecule has 3 rings (SSSR count). The zero-order chi connectivity index (χ0) is 18.7. The Hall–Kier alpha value is -1.89. The zero-order valence-electron chi connectivity index (χ0n) is 15.6. The number of fused-ring (bicyclic) bond motifs is 1. The van der Waals surface area contributed by atoms with Gasteiger partial charge in [-0.15, -0.1) is 11.3 Å². The molecule has 7 heteroatoms. The van der Waals surface area contributed by atoms with Gasteiger partial charge in [0.15, 0.2) is 0 Å². The summed E-state index contributed by atoms with van der Waals surface area (Å²) in [5, 5.41) is 1.81. The minimum absolute atomic E-state index is 0.00846. The summed E-state index contributed by atoms with van der Waals surface area (Å²) >= 11 is 1.33. The van der Waals surface area contributed by atoms with E-state index in [9.17, 15) is 14.4 Å². The maximum atomic E-state index is 12.9. The lowest BCUT2D eigenvalue weighted by Gasteiger charge is -2.31. The Morgan fingerprint density at radius 2 is 1.96 bits per heavy atom. The molecule has 1 aliphatic carbocycles. The topological polar surface area (TPSA) is 64.3 Å². The van der Waals surface area contributed by atoms with Crippen molar-refractivity contribution in [2.45, 2.75) is 71.0 Å². The SMILES string of the molecule is CCCCn1c(=O)c2sccc2n(CC(=O)N(C)C2CCCCC2)c1=O. The average Bonchev–Trinajstić information content (AvgIpc) is 3.15. The van der Waals surface area contributed by atoms with Crippen LogP contribution in [-0.2, 0) is 17.9 Å². The Kier molecular flexibility index (Phi) is 5.96. The van der Waals surface area contributed by atoms with E-state index in [2.05, 4.69) is 0 Å². The molecule has 1 aliphatic rings. The van der Waals surface area contributed by atoms with Gasteiger partial charge in [-0.05, 0) is 30.7 Å². The first-order chi connectivity index (χ1) is 12.5. The lowest BCUT2D eigenvalue weighted by Crippen LogP contribution is -2.45. The third kappa shape index (κ3) is 3.63.